The standard InChI is InChI=1S/C13H12F2N4O2/c14-9-3-1-2-8(11(9)15)6-10-16-17-18-19(10)7-13(4-5-13)12(20)21/h1-3H,4-7H2,(H,20,21). The molecule has 8 heteroatoms. The number of aromatic nitrogens is 4. The van der Waals surface area contributed by atoms with Gasteiger partial charge >= 0.3 is 5.97 Å². The van der Waals surface area contributed by atoms with E-state index in [0.717, 1.165) is 6.07 Å². The number of nitrogens with zero attached hydrogens (tertiary/aromatic N) is 4. The van der Waals surface area contributed by atoms with Crippen molar-refractivity contribution in [3.63, 3.8) is 0 Å². The molecule has 1 heterocycles. The molecule has 0 atom stereocenters. The molecule has 6 nitrogen and oxygen atoms in total. The Kier molecular flexibility index (Phi) is 3.15. The monoisotopic (exact) mass is 294 g/mol. The Bertz CT molecular complexity index is 697. The molecule has 1 aromatic heterocycles. The summed E-state index contributed by atoms with van der Waals surface area (Å²) in [6.45, 7) is 0.140. The minimum atomic E-state index is -0.939. The number of hydrogen-bond acceptors (Lipinski definition) is 4. The summed E-state index contributed by atoms with van der Waals surface area (Å²) in [7, 11) is 0. The highest BCUT2D eigenvalue weighted by molar-refractivity contribution is 5.77. The predicted molar refractivity (Wildman–Crippen MR) is 66.3 cm³/mol. The van der Waals surface area contributed by atoms with E-state index < -0.39 is 23.0 Å². The fraction of sp³-hybridized carbons (Fsp3) is 0.385. The van der Waals surface area contributed by atoms with Gasteiger partial charge in [-0.25, -0.2) is 13.5 Å². The lowest BCUT2D eigenvalue weighted by Gasteiger charge is -2.11. The molecule has 0 bridgehead atoms. The molecule has 0 radical (unpaired) electrons. The molecule has 1 aliphatic carbocycles. The van der Waals surface area contributed by atoms with Crippen molar-refractivity contribution in [3.05, 3.63) is 41.2 Å². The predicted octanol–water partition coefficient (Wildman–Crippen LogP) is 1.41. The fourth-order valence-corrected chi connectivity index (χ4v) is 2.21. The van der Waals surface area contributed by atoms with Crippen molar-refractivity contribution in [2.24, 2.45) is 5.41 Å². The Balaban J connectivity index is 1.83. The van der Waals surface area contributed by atoms with Crippen LogP contribution >= 0.6 is 0 Å². The maximum atomic E-state index is 13.7. The van der Waals surface area contributed by atoms with Gasteiger partial charge < -0.3 is 5.11 Å². The summed E-state index contributed by atoms with van der Waals surface area (Å²) in [4.78, 5) is 11.2. The second-order valence-electron chi connectivity index (χ2n) is 5.23. The largest absolute Gasteiger partial charge is 0.481 e. The van der Waals surface area contributed by atoms with Gasteiger partial charge in [0.05, 0.1) is 12.0 Å². The molecule has 110 valence electrons. The van der Waals surface area contributed by atoms with Crippen LogP contribution in [0.3, 0.4) is 0 Å². The molecule has 21 heavy (non-hydrogen) atoms. The zero-order valence-corrected chi connectivity index (χ0v) is 11.0. The van der Waals surface area contributed by atoms with Gasteiger partial charge in [0.2, 0.25) is 0 Å². The molecule has 0 amide bonds. The van der Waals surface area contributed by atoms with Gasteiger partial charge in [0.1, 0.15) is 0 Å². The Morgan fingerprint density at radius 1 is 1.38 bits per heavy atom. The van der Waals surface area contributed by atoms with E-state index >= 15 is 0 Å². The van der Waals surface area contributed by atoms with Crippen LogP contribution in [0.1, 0.15) is 24.2 Å². The van der Waals surface area contributed by atoms with E-state index in [4.69, 9.17) is 0 Å². The summed E-state index contributed by atoms with van der Waals surface area (Å²) in [5.41, 5.74) is -0.698. The average Bonchev–Trinajstić information content (AvgIpc) is 3.11. The van der Waals surface area contributed by atoms with Gasteiger partial charge in [0.25, 0.3) is 0 Å². The highest BCUT2D eigenvalue weighted by atomic mass is 19.2. The van der Waals surface area contributed by atoms with E-state index in [-0.39, 0.29) is 18.5 Å². The molecule has 3 rings (SSSR count). The maximum Gasteiger partial charge on any atom is 0.311 e. The Labute approximate surface area is 118 Å². The van der Waals surface area contributed by atoms with Gasteiger partial charge in [-0.05, 0) is 34.9 Å². The first kappa shape index (κ1) is 13.6. The second kappa shape index (κ2) is 4.87. The SMILES string of the molecule is O=C(O)C1(Cn2nnnc2Cc2cccc(F)c2F)CC1. The Hall–Kier alpha value is -2.38. The number of carbonyl (C=O) groups is 1. The molecule has 0 saturated heterocycles. The lowest BCUT2D eigenvalue weighted by atomic mass is 10.1. The summed E-state index contributed by atoms with van der Waals surface area (Å²) < 4.78 is 28.2. The molecule has 1 saturated carbocycles. The van der Waals surface area contributed by atoms with Crippen molar-refractivity contribution in [3.8, 4) is 0 Å². The number of halogens is 2. The molecule has 2 aromatic rings. The number of rotatable bonds is 5. The molecule has 0 unspecified atom stereocenters. The van der Waals surface area contributed by atoms with E-state index in [2.05, 4.69) is 15.5 Å². The van der Waals surface area contributed by atoms with E-state index in [1.807, 2.05) is 0 Å². The average molecular weight is 294 g/mol. The molecule has 0 spiro atoms. The van der Waals surface area contributed by atoms with E-state index in [9.17, 15) is 18.7 Å². The Morgan fingerprint density at radius 3 is 2.81 bits per heavy atom. The van der Waals surface area contributed by atoms with Gasteiger partial charge in [-0.3, -0.25) is 4.79 Å². The lowest BCUT2D eigenvalue weighted by molar-refractivity contribution is -0.144. The van der Waals surface area contributed by atoms with Crippen LogP contribution < -0.4 is 0 Å². The summed E-state index contributed by atoms with van der Waals surface area (Å²) in [6.07, 6.45) is 1.14. The van der Waals surface area contributed by atoms with Gasteiger partial charge in [0, 0.05) is 6.42 Å². The molecule has 1 aromatic carbocycles. The van der Waals surface area contributed by atoms with Gasteiger partial charge in [-0.15, -0.1) is 5.10 Å². The normalized spacial score (nSPS) is 15.9. The van der Waals surface area contributed by atoms with Crippen LogP contribution in [0.2, 0.25) is 0 Å². The molecule has 1 aliphatic rings. The number of benzene rings is 1. The van der Waals surface area contributed by atoms with Crippen molar-refractivity contribution in [2.75, 3.05) is 0 Å². The van der Waals surface area contributed by atoms with Gasteiger partial charge in [-0.1, -0.05) is 12.1 Å². The third-order valence-corrected chi connectivity index (χ3v) is 3.75. The summed E-state index contributed by atoms with van der Waals surface area (Å²) in [5.74, 6) is -2.45. The number of tetrazole rings is 1. The van der Waals surface area contributed by atoms with Crippen molar-refractivity contribution in [2.45, 2.75) is 25.8 Å². The summed E-state index contributed by atoms with van der Waals surface area (Å²) >= 11 is 0. The first-order chi connectivity index (χ1) is 10.0. The number of carboxylic acid groups (broad SMARTS) is 1. The Morgan fingerprint density at radius 2 is 2.14 bits per heavy atom. The molecule has 0 aliphatic heterocycles. The first-order valence-electron chi connectivity index (χ1n) is 6.43. The van der Waals surface area contributed by atoms with Crippen LogP contribution in [0.5, 0.6) is 0 Å². The minimum Gasteiger partial charge on any atom is -0.481 e. The van der Waals surface area contributed by atoms with Crippen LogP contribution in [0, 0.1) is 17.0 Å². The minimum absolute atomic E-state index is 0.00624. The molecule has 1 N–H and O–H groups in total. The molecule has 1 fully saturated rings. The fourth-order valence-electron chi connectivity index (χ4n) is 2.21. The van der Waals surface area contributed by atoms with Gasteiger partial charge in [0.15, 0.2) is 17.5 Å². The van der Waals surface area contributed by atoms with Crippen molar-refractivity contribution in [1.29, 1.82) is 0 Å². The van der Waals surface area contributed by atoms with Crippen LogP contribution in [0.4, 0.5) is 8.78 Å². The van der Waals surface area contributed by atoms with E-state index in [1.165, 1.54) is 16.8 Å². The van der Waals surface area contributed by atoms with Crippen molar-refractivity contribution >= 4 is 5.97 Å². The van der Waals surface area contributed by atoms with Gasteiger partial charge in [-0.2, -0.15) is 0 Å². The van der Waals surface area contributed by atoms with Crippen LogP contribution in [-0.4, -0.2) is 31.3 Å². The lowest BCUT2D eigenvalue weighted by Crippen LogP contribution is -2.23. The molecular weight excluding hydrogens is 282 g/mol. The van der Waals surface area contributed by atoms with Crippen molar-refractivity contribution < 1.29 is 18.7 Å². The van der Waals surface area contributed by atoms with Crippen LogP contribution in [0.25, 0.3) is 0 Å². The third kappa shape index (κ3) is 2.48. The summed E-state index contributed by atoms with van der Waals surface area (Å²) in [6, 6.07) is 3.88. The second-order valence-corrected chi connectivity index (χ2v) is 5.23. The number of aliphatic carboxylic acids is 1. The van der Waals surface area contributed by atoms with E-state index in [0.29, 0.717) is 18.7 Å². The number of carboxylic acids is 1. The zero-order valence-electron chi connectivity index (χ0n) is 11.0. The smallest absolute Gasteiger partial charge is 0.311 e. The van der Waals surface area contributed by atoms with Crippen LogP contribution in [0.15, 0.2) is 18.2 Å². The quantitative estimate of drug-likeness (QED) is 0.901. The highest BCUT2D eigenvalue weighted by Gasteiger charge is 2.51. The highest BCUT2D eigenvalue weighted by Crippen LogP contribution is 2.47. The topological polar surface area (TPSA) is 80.9 Å². The molecular formula is C13H12F2N4O2. The van der Waals surface area contributed by atoms with Crippen molar-refractivity contribution in [1.82, 2.24) is 20.2 Å². The zero-order chi connectivity index (χ0) is 15.0. The number of hydrogen-bond donors (Lipinski definition) is 1. The first-order valence-corrected chi connectivity index (χ1v) is 6.43. The summed E-state index contributed by atoms with van der Waals surface area (Å²) in [5, 5.41) is 20.2. The van der Waals surface area contributed by atoms with E-state index in [1.54, 1.807) is 0 Å². The third-order valence-electron chi connectivity index (χ3n) is 3.75. The maximum absolute atomic E-state index is 13.7. The van der Waals surface area contributed by atoms with Crippen LogP contribution in [-0.2, 0) is 17.8 Å².